The van der Waals surface area contributed by atoms with Gasteiger partial charge in [0.15, 0.2) is 0 Å². The first-order valence-corrected chi connectivity index (χ1v) is 5.68. The molecule has 7 heteroatoms. The highest BCUT2D eigenvalue weighted by Crippen LogP contribution is 2.16. The van der Waals surface area contributed by atoms with Crippen molar-refractivity contribution in [3.8, 4) is 0 Å². The molecule has 0 spiro atoms. The molecule has 2 rings (SSSR count). The van der Waals surface area contributed by atoms with E-state index in [9.17, 15) is 4.79 Å². The van der Waals surface area contributed by atoms with Gasteiger partial charge in [0.05, 0.1) is 10.6 Å². The Kier molecular flexibility index (Phi) is 7.55. The molecule has 0 bridgehead atoms. The van der Waals surface area contributed by atoms with Gasteiger partial charge in [0, 0.05) is 38.1 Å². The lowest BCUT2D eigenvalue weighted by molar-refractivity contribution is 0.0709. The highest BCUT2D eigenvalue weighted by molar-refractivity contribution is 6.33. The van der Waals surface area contributed by atoms with Crippen molar-refractivity contribution in [3.63, 3.8) is 0 Å². The van der Waals surface area contributed by atoms with E-state index in [2.05, 4.69) is 17.2 Å². The summed E-state index contributed by atoms with van der Waals surface area (Å²) >= 11 is 5.95. The van der Waals surface area contributed by atoms with Crippen LogP contribution in [0.15, 0.2) is 18.5 Å². The third-order valence-corrected chi connectivity index (χ3v) is 2.96. The van der Waals surface area contributed by atoms with Gasteiger partial charge in [-0.3, -0.25) is 9.78 Å². The zero-order valence-electron chi connectivity index (χ0n) is 9.93. The van der Waals surface area contributed by atoms with Crippen molar-refractivity contribution in [3.05, 3.63) is 29.0 Å². The molecule has 1 saturated heterocycles. The summed E-state index contributed by atoms with van der Waals surface area (Å²) < 4.78 is 0. The van der Waals surface area contributed by atoms with Crippen LogP contribution in [0.1, 0.15) is 17.3 Å². The van der Waals surface area contributed by atoms with Crippen LogP contribution < -0.4 is 5.32 Å². The normalized spacial score (nSPS) is 18.6. The average Bonchev–Trinajstić information content (AvgIpc) is 2.29. The molecule has 4 nitrogen and oxygen atoms in total. The fourth-order valence-electron chi connectivity index (χ4n) is 1.84. The number of halogens is 3. The Hall–Kier alpha value is -0.550. The summed E-state index contributed by atoms with van der Waals surface area (Å²) in [6.45, 7) is 4.34. The van der Waals surface area contributed by atoms with E-state index in [1.165, 1.54) is 6.20 Å². The number of carbonyl (C=O) groups is 1. The van der Waals surface area contributed by atoms with Crippen molar-refractivity contribution in [1.29, 1.82) is 0 Å². The largest absolute Gasteiger partial charge is 0.336 e. The number of hydrogen-bond acceptors (Lipinski definition) is 3. The Balaban J connectivity index is 0.00000144. The average molecular weight is 313 g/mol. The number of pyridine rings is 1. The molecule has 1 aliphatic rings. The topological polar surface area (TPSA) is 45.2 Å². The van der Waals surface area contributed by atoms with E-state index < -0.39 is 0 Å². The number of carbonyl (C=O) groups excluding carboxylic acids is 1. The second-order valence-electron chi connectivity index (χ2n) is 3.96. The van der Waals surface area contributed by atoms with Crippen LogP contribution in [0.3, 0.4) is 0 Å². The first kappa shape index (κ1) is 17.4. The molecule has 0 aromatic carbocycles. The lowest BCUT2D eigenvalue weighted by Crippen LogP contribution is -2.51. The van der Waals surface area contributed by atoms with Crippen molar-refractivity contribution in [2.45, 2.75) is 13.0 Å². The number of nitrogens with zero attached hydrogens (tertiary/aromatic N) is 2. The summed E-state index contributed by atoms with van der Waals surface area (Å²) in [5, 5.41) is 3.71. The van der Waals surface area contributed by atoms with E-state index >= 15 is 0 Å². The van der Waals surface area contributed by atoms with E-state index in [0.717, 1.165) is 19.6 Å². The first-order chi connectivity index (χ1) is 7.68. The molecule has 0 saturated carbocycles. The molecular formula is C11H16Cl3N3O. The lowest BCUT2D eigenvalue weighted by atomic mass is 10.2. The second kappa shape index (κ2) is 7.79. The van der Waals surface area contributed by atoms with Crippen LogP contribution >= 0.6 is 36.4 Å². The highest BCUT2D eigenvalue weighted by Gasteiger charge is 2.22. The van der Waals surface area contributed by atoms with E-state index in [4.69, 9.17) is 11.6 Å². The van der Waals surface area contributed by atoms with Crippen molar-refractivity contribution in [2.75, 3.05) is 19.6 Å². The summed E-state index contributed by atoms with van der Waals surface area (Å²) in [4.78, 5) is 17.8. The van der Waals surface area contributed by atoms with E-state index in [1.54, 1.807) is 12.3 Å². The first-order valence-electron chi connectivity index (χ1n) is 5.30. The Morgan fingerprint density at radius 1 is 1.56 bits per heavy atom. The summed E-state index contributed by atoms with van der Waals surface area (Å²) in [6.07, 6.45) is 3.09. The van der Waals surface area contributed by atoms with Gasteiger partial charge in [-0.05, 0) is 13.0 Å². The van der Waals surface area contributed by atoms with Gasteiger partial charge in [-0.25, -0.2) is 0 Å². The third-order valence-electron chi connectivity index (χ3n) is 2.66. The van der Waals surface area contributed by atoms with E-state index in [1.807, 2.05) is 4.90 Å². The molecule has 1 aromatic heterocycles. The number of rotatable bonds is 1. The monoisotopic (exact) mass is 311 g/mol. The molecule has 1 N–H and O–H groups in total. The summed E-state index contributed by atoms with van der Waals surface area (Å²) in [6, 6.07) is 2.00. The molecule has 1 unspecified atom stereocenters. The number of piperazine rings is 1. The van der Waals surface area contributed by atoms with Crippen molar-refractivity contribution >= 4 is 42.3 Å². The maximum Gasteiger partial charge on any atom is 0.255 e. The van der Waals surface area contributed by atoms with Crippen LogP contribution in [0, 0.1) is 0 Å². The molecule has 1 amide bonds. The minimum atomic E-state index is -0.0132. The Morgan fingerprint density at radius 2 is 2.28 bits per heavy atom. The standard InChI is InChI=1S/C11H14ClN3O.2ClH/c1-8-7-15(5-4-14-8)11(16)9-2-3-13-6-10(9)12;;/h2-3,6,8,14H,4-5,7H2,1H3;2*1H. The fourth-order valence-corrected chi connectivity index (χ4v) is 2.04. The molecule has 0 radical (unpaired) electrons. The van der Waals surface area contributed by atoms with Gasteiger partial charge in [-0.2, -0.15) is 0 Å². The molecule has 1 aliphatic heterocycles. The predicted molar refractivity (Wildman–Crippen MR) is 77.1 cm³/mol. The van der Waals surface area contributed by atoms with Gasteiger partial charge < -0.3 is 10.2 Å². The summed E-state index contributed by atoms with van der Waals surface area (Å²) in [5.41, 5.74) is 0.533. The van der Waals surface area contributed by atoms with Gasteiger partial charge >= 0.3 is 0 Å². The van der Waals surface area contributed by atoms with Crippen molar-refractivity contribution in [1.82, 2.24) is 15.2 Å². The number of aromatic nitrogens is 1. The van der Waals surface area contributed by atoms with Crippen LogP contribution in [0.25, 0.3) is 0 Å². The maximum absolute atomic E-state index is 12.2. The van der Waals surface area contributed by atoms with Crippen LogP contribution in [0.5, 0.6) is 0 Å². The molecule has 102 valence electrons. The molecular weight excluding hydrogens is 296 g/mol. The minimum Gasteiger partial charge on any atom is -0.336 e. The fraction of sp³-hybridized carbons (Fsp3) is 0.455. The van der Waals surface area contributed by atoms with Gasteiger partial charge in [0.1, 0.15) is 0 Å². The minimum absolute atomic E-state index is 0. The van der Waals surface area contributed by atoms with Crippen LogP contribution in [0.4, 0.5) is 0 Å². The van der Waals surface area contributed by atoms with Gasteiger partial charge in [0.2, 0.25) is 0 Å². The summed E-state index contributed by atoms with van der Waals surface area (Å²) in [7, 11) is 0. The zero-order valence-corrected chi connectivity index (χ0v) is 12.3. The summed E-state index contributed by atoms with van der Waals surface area (Å²) in [5.74, 6) is -0.0132. The van der Waals surface area contributed by atoms with Gasteiger partial charge in [-0.15, -0.1) is 24.8 Å². The van der Waals surface area contributed by atoms with Crippen molar-refractivity contribution in [2.24, 2.45) is 0 Å². The molecule has 0 aliphatic carbocycles. The maximum atomic E-state index is 12.2. The second-order valence-corrected chi connectivity index (χ2v) is 4.37. The highest BCUT2D eigenvalue weighted by atomic mass is 35.5. The SMILES string of the molecule is CC1CN(C(=O)c2ccncc2Cl)CCN1.Cl.Cl. The number of amides is 1. The molecule has 1 fully saturated rings. The van der Waals surface area contributed by atoms with Gasteiger partial charge in [0.25, 0.3) is 5.91 Å². The van der Waals surface area contributed by atoms with Crippen LogP contribution in [-0.2, 0) is 0 Å². The quantitative estimate of drug-likeness (QED) is 0.863. The number of nitrogens with one attached hydrogen (secondary N) is 1. The zero-order chi connectivity index (χ0) is 11.5. The predicted octanol–water partition coefficient (Wildman–Crippen LogP) is 2.01. The Morgan fingerprint density at radius 3 is 2.89 bits per heavy atom. The Labute approximate surface area is 124 Å². The molecule has 2 heterocycles. The van der Waals surface area contributed by atoms with Crippen LogP contribution in [0.2, 0.25) is 5.02 Å². The Bertz CT molecular complexity index is 403. The lowest BCUT2D eigenvalue weighted by Gasteiger charge is -2.32. The number of hydrogen-bond donors (Lipinski definition) is 1. The third kappa shape index (κ3) is 3.99. The molecule has 1 atom stereocenters. The van der Waals surface area contributed by atoms with Crippen molar-refractivity contribution < 1.29 is 4.79 Å². The van der Waals surface area contributed by atoms with E-state index in [0.29, 0.717) is 16.6 Å². The molecule has 1 aromatic rings. The van der Waals surface area contributed by atoms with Gasteiger partial charge in [-0.1, -0.05) is 11.6 Å². The van der Waals surface area contributed by atoms with Crippen LogP contribution in [-0.4, -0.2) is 41.5 Å². The molecule has 18 heavy (non-hydrogen) atoms. The van der Waals surface area contributed by atoms with E-state index in [-0.39, 0.29) is 30.7 Å². The smallest absolute Gasteiger partial charge is 0.255 e.